The Labute approximate surface area is 83.0 Å². The van der Waals surface area contributed by atoms with Crippen LogP contribution in [0.4, 0.5) is 0 Å². The average molecular weight is 192 g/mol. The van der Waals surface area contributed by atoms with E-state index in [0.717, 1.165) is 24.2 Å². The minimum Gasteiger partial charge on any atom is -0.304 e. The second kappa shape index (κ2) is 3.83. The smallest absolute Gasteiger partial charge is 0.136 e. The van der Waals surface area contributed by atoms with Gasteiger partial charge >= 0.3 is 0 Å². The van der Waals surface area contributed by atoms with E-state index < -0.39 is 0 Å². The van der Waals surface area contributed by atoms with E-state index in [1.54, 1.807) is 0 Å². The summed E-state index contributed by atoms with van der Waals surface area (Å²) >= 11 is 4.20. The summed E-state index contributed by atoms with van der Waals surface area (Å²) in [5.41, 5.74) is 2.29. The van der Waals surface area contributed by atoms with E-state index in [1.807, 2.05) is 24.4 Å². The first kappa shape index (κ1) is 8.63. The van der Waals surface area contributed by atoms with E-state index in [-0.39, 0.29) is 0 Å². The molecular weight excluding hydrogens is 180 g/mol. The molecular formula is C10H12N2S. The number of imidazole rings is 1. The van der Waals surface area contributed by atoms with Gasteiger partial charge in [0, 0.05) is 18.1 Å². The molecule has 0 unspecified atom stereocenters. The molecule has 0 amide bonds. The molecule has 0 fully saturated rings. The van der Waals surface area contributed by atoms with Crippen molar-refractivity contribution >= 4 is 18.3 Å². The van der Waals surface area contributed by atoms with E-state index in [9.17, 15) is 0 Å². The summed E-state index contributed by atoms with van der Waals surface area (Å²) in [5, 5.41) is 0. The van der Waals surface area contributed by atoms with Gasteiger partial charge in [0.25, 0.3) is 0 Å². The minimum absolute atomic E-state index is 0.931. The maximum absolute atomic E-state index is 4.31. The molecule has 0 aromatic carbocycles. The summed E-state index contributed by atoms with van der Waals surface area (Å²) in [6.45, 7) is 0. The molecule has 13 heavy (non-hydrogen) atoms. The molecule has 0 saturated carbocycles. The van der Waals surface area contributed by atoms with Crippen LogP contribution >= 0.6 is 12.6 Å². The molecule has 3 heteroatoms. The first-order valence-electron chi connectivity index (χ1n) is 4.43. The third-order valence-electron chi connectivity index (χ3n) is 2.08. The molecule has 0 aliphatic heterocycles. The summed E-state index contributed by atoms with van der Waals surface area (Å²) in [4.78, 5) is 4.31. The Morgan fingerprint density at radius 1 is 1.38 bits per heavy atom. The highest BCUT2D eigenvalue weighted by Gasteiger charge is 2.00. The second-order valence-corrected chi connectivity index (χ2v) is 3.45. The number of rotatable bonds is 3. The Morgan fingerprint density at radius 3 is 3.15 bits per heavy atom. The fraction of sp³-hybridized carbons (Fsp3) is 0.300. The molecule has 2 rings (SSSR count). The van der Waals surface area contributed by atoms with E-state index in [4.69, 9.17) is 0 Å². The topological polar surface area (TPSA) is 17.3 Å². The van der Waals surface area contributed by atoms with Crippen molar-refractivity contribution in [1.82, 2.24) is 9.38 Å². The van der Waals surface area contributed by atoms with Crippen molar-refractivity contribution in [2.45, 2.75) is 12.8 Å². The molecule has 0 bridgehead atoms. The van der Waals surface area contributed by atoms with Crippen molar-refractivity contribution in [3.63, 3.8) is 0 Å². The number of hydrogen-bond donors (Lipinski definition) is 1. The number of hydrogen-bond acceptors (Lipinski definition) is 2. The highest BCUT2D eigenvalue weighted by molar-refractivity contribution is 7.80. The lowest BCUT2D eigenvalue weighted by Crippen LogP contribution is -1.92. The number of thiol groups is 1. The van der Waals surface area contributed by atoms with Gasteiger partial charge in [0.2, 0.25) is 0 Å². The molecule has 0 atom stereocenters. The zero-order valence-electron chi connectivity index (χ0n) is 7.35. The lowest BCUT2D eigenvalue weighted by molar-refractivity contribution is 0.878. The van der Waals surface area contributed by atoms with Crippen molar-refractivity contribution in [2.75, 3.05) is 5.75 Å². The predicted molar refractivity (Wildman–Crippen MR) is 57.4 cm³/mol. The quantitative estimate of drug-likeness (QED) is 0.738. The van der Waals surface area contributed by atoms with Crippen LogP contribution in [0.25, 0.3) is 5.65 Å². The van der Waals surface area contributed by atoms with Crippen molar-refractivity contribution < 1.29 is 0 Å². The zero-order chi connectivity index (χ0) is 9.10. The number of pyridine rings is 1. The van der Waals surface area contributed by atoms with Gasteiger partial charge in [-0.05, 0) is 30.7 Å². The molecule has 2 aromatic heterocycles. The fourth-order valence-electron chi connectivity index (χ4n) is 1.43. The monoisotopic (exact) mass is 192 g/mol. The van der Waals surface area contributed by atoms with Crippen molar-refractivity contribution in [3.8, 4) is 0 Å². The zero-order valence-corrected chi connectivity index (χ0v) is 8.24. The molecule has 0 N–H and O–H groups in total. The molecule has 2 heterocycles. The number of aromatic nitrogens is 2. The maximum Gasteiger partial charge on any atom is 0.136 e. The van der Waals surface area contributed by atoms with Gasteiger partial charge < -0.3 is 4.40 Å². The second-order valence-electron chi connectivity index (χ2n) is 3.01. The molecule has 0 aliphatic rings. The number of nitrogens with zero attached hydrogens (tertiary/aromatic N) is 2. The van der Waals surface area contributed by atoms with Crippen molar-refractivity contribution in [2.24, 2.45) is 0 Å². The molecule has 68 valence electrons. The Hall–Kier alpha value is -0.960. The predicted octanol–water partition coefficient (Wildman–Crippen LogP) is 2.20. The Morgan fingerprint density at radius 2 is 2.31 bits per heavy atom. The third-order valence-corrected chi connectivity index (χ3v) is 2.40. The third kappa shape index (κ3) is 1.70. The van der Waals surface area contributed by atoms with E-state index in [1.165, 1.54) is 5.69 Å². The average Bonchev–Trinajstić information content (AvgIpc) is 2.58. The Balaban J connectivity index is 2.35. The van der Waals surface area contributed by atoms with Crippen molar-refractivity contribution in [3.05, 3.63) is 36.3 Å². The highest BCUT2D eigenvalue weighted by Crippen LogP contribution is 2.08. The van der Waals surface area contributed by atoms with Crippen molar-refractivity contribution in [1.29, 1.82) is 0 Å². The minimum atomic E-state index is 0.931. The van der Waals surface area contributed by atoms with Crippen LogP contribution in [0.15, 0.2) is 30.6 Å². The number of fused-ring (bicyclic) bond motifs is 1. The lowest BCUT2D eigenvalue weighted by atomic mass is 10.3. The molecule has 2 nitrogen and oxygen atoms in total. The van der Waals surface area contributed by atoms with Gasteiger partial charge in [0.15, 0.2) is 0 Å². The van der Waals surface area contributed by atoms with Crippen LogP contribution in [0.3, 0.4) is 0 Å². The van der Waals surface area contributed by atoms with Crippen LogP contribution < -0.4 is 0 Å². The Bertz CT molecular complexity index is 394. The van der Waals surface area contributed by atoms with Crippen LogP contribution in [-0.2, 0) is 6.42 Å². The summed E-state index contributed by atoms with van der Waals surface area (Å²) in [6, 6.07) is 6.05. The van der Waals surface area contributed by atoms with Crippen LogP contribution in [-0.4, -0.2) is 15.1 Å². The molecule has 0 aliphatic carbocycles. The van der Waals surface area contributed by atoms with Gasteiger partial charge in [-0.1, -0.05) is 6.07 Å². The van der Waals surface area contributed by atoms with Gasteiger partial charge in [0.05, 0.1) is 0 Å². The van der Waals surface area contributed by atoms with Crippen LogP contribution in [0, 0.1) is 0 Å². The largest absolute Gasteiger partial charge is 0.304 e. The lowest BCUT2D eigenvalue weighted by Gasteiger charge is -1.98. The summed E-state index contributed by atoms with van der Waals surface area (Å²) in [5.74, 6) is 0.931. The Kier molecular flexibility index (Phi) is 2.54. The van der Waals surface area contributed by atoms with Gasteiger partial charge in [-0.2, -0.15) is 12.6 Å². The van der Waals surface area contributed by atoms with E-state index >= 15 is 0 Å². The molecule has 2 aromatic rings. The first-order chi connectivity index (χ1) is 6.42. The van der Waals surface area contributed by atoms with Crippen LogP contribution in [0.1, 0.15) is 12.1 Å². The fourth-order valence-corrected chi connectivity index (χ4v) is 1.59. The summed E-state index contributed by atoms with van der Waals surface area (Å²) in [7, 11) is 0. The molecule has 0 radical (unpaired) electrons. The summed E-state index contributed by atoms with van der Waals surface area (Å²) in [6.07, 6.45) is 6.15. The summed E-state index contributed by atoms with van der Waals surface area (Å²) < 4.78 is 2.13. The highest BCUT2D eigenvalue weighted by atomic mass is 32.1. The molecule has 0 saturated heterocycles. The van der Waals surface area contributed by atoms with E-state index in [0.29, 0.717) is 0 Å². The SMILES string of the molecule is SCCCc1cnc2ccccn12. The number of aryl methyl sites for hydroxylation is 1. The molecule has 0 spiro atoms. The van der Waals surface area contributed by atoms with Gasteiger partial charge in [0.1, 0.15) is 5.65 Å². The normalized spacial score (nSPS) is 10.8. The van der Waals surface area contributed by atoms with Crippen LogP contribution in [0.2, 0.25) is 0 Å². The van der Waals surface area contributed by atoms with Gasteiger partial charge in [-0.25, -0.2) is 4.98 Å². The maximum atomic E-state index is 4.31. The first-order valence-corrected chi connectivity index (χ1v) is 5.07. The van der Waals surface area contributed by atoms with E-state index in [2.05, 4.69) is 28.2 Å². The van der Waals surface area contributed by atoms with Gasteiger partial charge in [-0.15, -0.1) is 0 Å². The van der Waals surface area contributed by atoms with Crippen LogP contribution in [0.5, 0.6) is 0 Å². The van der Waals surface area contributed by atoms with Gasteiger partial charge in [-0.3, -0.25) is 0 Å². The standard InChI is InChI=1S/C10H12N2S/c13-7-3-4-9-8-11-10-5-1-2-6-12(9)10/h1-2,5-6,8,13H,3-4,7H2.